The number of hydrogen-bond donors (Lipinski definition) is 0. The average Bonchev–Trinajstić information content (AvgIpc) is 3.21. The number of nitrogens with zero attached hydrogens (tertiary/aromatic N) is 1. The summed E-state index contributed by atoms with van der Waals surface area (Å²) in [4.78, 5) is 26.2. The van der Waals surface area contributed by atoms with Gasteiger partial charge in [0.05, 0.1) is 5.69 Å². The quantitative estimate of drug-likeness (QED) is 0.274. The van der Waals surface area contributed by atoms with Crippen molar-refractivity contribution in [3.63, 3.8) is 0 Å². The highest BCUT2D eigenvalue weighted by Crippen LogP contribution is 2.23. The molecule has 4 rings (SSSR count). The number of carbonyl (C=O) groups excluding carboxylic acids is 2. The van der Waals surface area contributed by atoms with Crippen LogP contribution in [0.4, 0.5) is 0 Å². The molecule has 2 heterocycles. The molecule has 0 radical (unpaired) electrons. The molecule has 0 saturated heterocycles. The Labute approximate surface area is 177 Å². The molecule has 3 nitrogen and oxygen atoms in total. The summed E-state index contributed by atoms with van der Waals surface area (Å²) in [6.45, 7) is 1.83. The Kier molecular flexibility index (Phi) is 5.28. The summed E-state index contributed by atoms with van der Waals surface area (Å²) >= 11 is 3.41. The molecule has 0 bridgehead atoms. The Morgan fingerprint density at radius 1 is 0.931 bits per heavy atom. The zero-order valence-corrected chi connectivity index (χ0v) is 17.4. The van der Waals surface area contributed by atoms with E-state index in [-0.39, 0.29) is 11.6 Å². The van der Waals surface area contributed by atoms with Crippen molar-refractivity contribution in [2.24, 2.45) is 0 Å². The molecule has 0 atom stereocenters. The highest BCUT2D eigenvalue weighted by atomic mass is 79.9. The summed E-state index contributed by atoms with van der Waals surface area (Å²) in [5, 5.41) is 0. The molecule has 0 fully saturated rings. The maximum Gasteiger partial charge on any atom is 0.210 e. The SMILES string of the molecule is Cc1c(C(=O)/C=C/c2ccc(Br)cc2)cc2cccn2c1C(=O)c1ccccc1. The third kappa shape index (κ3) is 3.84. The molecule has 0 N–H and O–H groups in total. The number of halogens is 1. The first-order valence-electron chi connectivity index (χ1n) is 9.23. The predicted octanol–water partition coefficient (Wildman–Crippen LogP) is 6.14. The fourth-order valence-corrected chi connectivity index (χ4v) is 3.64. The second kappa shape index (κ2) is 8.02. The number of aromatic nitrogens is 1. The van der Waals surface area contributed by atoms with Gasteiger partial charge in [-0.25, -0.2) is 0 Å². The number of benzene rings is 2. The largest absolute Gasteiger partial charge is 0.313 e. The normalized spacial score (nSPS) is 11.2. The van der Waals surface area contributed by atoms with Crippen molar-refractivity contribution in [3.8, 4) is 0 Å². The summed E-state index contributed by atoms with van der Waals surface area (Å²) in [6.07, 6.45) is 5.20. The van der Waals surface area contributed by atoms with E-state index in [1.165, 1.54) is 0 Å². The van der Waals surface area contributed by atoms with Crippen LogP contribution in [0.2, 0.25) is 0 Å². The van der Waals surface area contributed by atoms with Gasteiger partial charge in [-0.05, 0) is 54.5 Å². The van der Waals surface area contributed by atoms with E-state index < -0.39 is 0 Å². The molecule has 2 aromatic heterocycles. The van der Waals surface area contributed by atoms with Gasteiger partial charge in [-0.15, -0.1) is 0 Å². The number of ketones is 2. The third-order valence-electron chi connectivity index (χ3n) is 4.89. The van der Waals surface area contributed by atoms with Crippen LogP contribution in [0.15, 0.2) is 89.5 Å². The summed E-state index contributed by atoms with van der Waals surface area (Å²) in [6, 6.07) is 22.5. The van der Waals surface area contributed by atoms with E-state index in [1.54, 1.807) is 24.3 Å². The highest BCUT2D eigenvalue weighted by Gasteiger charge is 2.20. The first kappa shape index (κ1) is 19.1. The van der Waals surface area contributed by atoms with Crippen molar-refractivity contribution in [1.29, 1.82) is 0 Å². The monoisotopic (exact) mass is 443 g/mol. The van der Waals surface area contributed by atoms with Crippen LogP contribution in [0.3, 0.4) is 0 Å². The van der Waals surface area contributed by atoms with Gasteiger partial charge in [-0.1, -0.05) is 64.5 Å². The fourth-order valence-electron chi connectivity index (χ4n) is 3.38. The number of hydrogen-bond acceptors (Lipinski definition) is 2. The molecule has 0 aliphatic rings. The standard InChI is InChI=1S/C25H18BrNO2/c1-17-22(23(28)14-11-18-9-12-20(26)13-10-18)16-21-8-5-15-27(21)24(17)25(29)19-6-3-2-4-7-19/h2-16H,1H3/b14-11+. The maximum atomic E-state index is 13.2. The van der Waals surface area contributed by atoms with Gasteiger partial charge in [0, 0.05) is 27.3 Å². The molecule has 0 aliphatic carbocycles. The summed E-state index contributed by atoms with van der Waals surface area (Å²) in [7, 11) is 0. The Bertz CT molecular complexity index is 1240. The van der Waals surface area contributed by atoms with Crippen molar-refractivity contribution in [3.05, 3.63) is 117 Å². The van der Waals surface area contributed by atoms with Crippen LogP contribution < -0.4 is 0 Å². The van der Waals surface area contributed by atoms with Crippen molar-refractivity contribution >= 4 is 39.1 Å². The van der Waals surface area contributed by atoms with E-state index in [2.05, 4.69) is 15.9 Å². The molecule has 4 heteroatoms. The van der Waals surface area contributed by atoms with E-state index >= 15 is 0 Å². The third-order valence-corrected chi connectivity index (χ3v) is 5.41. The number of fused-ring (bicyclic) bond motifs is 1. The van der Waals surface area contributed by atoms with Crippen LogP contribution in [0.25, 0.3) is 11.6 Å². The Morgan fingerprint density at radius 3 is 2.38 bits per heavy atom. The molecule has 2 aromatic carbocycles. The molecule has 0 unspecified atom stereocenters. The Hall–Kier alpha value is -3.24. The summed E-state index contributed by atoms with van der Waals surface area (Å²) in [5.41, 5.74) is 4.07. The molecule has 0 spiro atoms. The molecular formula is C25H18BrNO2. The van der Waals surface area contributed by atoms with Crippen molar-refractivity contribution in [2.45, 2.75) is 6.92 Å². The summed E-state index contributed by atoms with van der Waals surface area (Å²) < 4.78 is 2.83. The van der Waals surface area contributed by atoms with Gasteiger partial charge in [-0.2, -0.15) is 0 Å². The lowest BCUT2D eigenvalue weighted by atomic mass is 9.97. The van der Waals surface area contributed by atoms with E-state index in [9.17, 15) is 9.59 Å². The number of pyridine rings is 1. The zero-order chi connectivity index (χ0) is 20.4. The lowest BCUT2D eigenvalue weighted by Crippen LogP contribution is -2.13. The molecule has 0 aliphatic heterocycles. The number of carbonyl (C=O) groups is 2. The van der Waals surface area contributed by atoms with E-state index in [1.807, 2.05) is 78.2 Å². The van der Waals surface area contributed by atoms with Crippen LogP contribution >= 0.6 is 15.9 Å². The minimum atomic E-state index is -0.128. The van der Waals surface area contributed by atoms with Gasteiger partial charge in [0.15, 0.2) is 5.78 Å². The van der Waals surface area contributed by atoms with Crippen LogP contribution in [0.5, 0.6) is 0 Å². The molecule has 0 amide bonds. The van der Waals surface area contributed by atoms with E-state index in [0.29, 0.717) is 22.4 Å². The lowest BCUT2D eigenvalue weighted by molar-refractivity contribution is 0.103. The van der Waals surface area contributed by atoms with E-state index in [0.717, 1.165) is 15.6 Å². The van der Waals surface area contributed by atoms with Gasteiger partial charge in [0.1, 0.15) is 0 Å². The fraction of sp³-hybridized carbons (Fsp3) is 0.0400. The minimum Gasteiger partial charge on any atom is -0.313 e. The first-order valence-corrected chi connectivity index (χ1v) is 10.0. The smallest absolute Gasteiger partial charge is 0.210 e. The first-order chi connectivity index (χ1) is 14.0. The highest BCUT2D eigenvalue weighted by molar-refractivity contribution is 9.10. The van der Waals surface area contributed by atoms with Crippen LogP contribution in [0, 0.1) is 6.92 Å². The number of rotatable bonds is 5. The van der Waals surface area contributed by atoms with Crippen LogP contribution in [-0.2, 0) is 0 Å². The summed E-state index contributed by atoms with van der Waals surface area (Å²) in [5.74, 6) is -0.230. The van der Waals surface area contributed by atoms with Gasteiger partial charge in [0.2, 0.25) is 5.78 Å². The van der Waals surface area contributed by atoms with Gasteiger partial charge >= 0.3 is 0 Å². The molecule has 29 heavy (non-hydrogen) atoms. The molecule has 0 saturated carbocycles. The van der Waals surface area contributed by atoms with Crippen LogP contribution in [0.1, 0.15) is 37.5 Å². The van der Waals surface area contributed by atoms with E-state index in [4.69, 9.17) is 0 Å². The molecule has 142 valence electrons. The molecule has 4 aromatic rings. The maximum absolute atomic E-state index is 13.2. The Balaban J connectivity index is 1.77. The topological polar surface area (TPSA) is 38.5 Å². The number of allylic oxidation sites excluding steroid dienone is 1. The Morgan fingerprint density at radius 2 is 1.66 bits per heavy atom. The minimum absolute atomic E-state index is 0.101. The molecular weight excluding hydrogens is 426 g/mol. The van der Waals surface area contributed by atoms with Crippen LogP contribution in [-0.4, -0.2) is 16.0 Å². The average molecular weight is 444 g/mol. The van der Waals surface area contributed by atoms with Gasteiger partial charge < -0.3 is 4.40 Å². The zero-order valence-electron chi connectivity index (χ0n) is 15.8. The van der Waals surface area contributed by atoms with Crippen molar-refractivity contribution in [1.82, 2.24) is 4.40 Å². The second-order valence-corrected chi connectivity index (χ2v) is 7.69. The lowest BCUT2D eigenvalue weighted by Gasteiger charge is -2.13. The predicted molar refractivity (Wildman–Crippen MR) is 120 cm³/mol. The van der Waals surface area contributed by atoms with Gasteiger partial charge in [-0.3, -0.25) is 9.59 Å². The van der Waals surface area contributed by atoms with Crippen molar-refractivity contribution < 1.29 is 9.59 Å². The second-order valence-electron chi connectivity index (χ2n) is 6.78. The van der Waals surface area contributed by atoms with Gasteiger partial charge in [0.25, 0.3) is 0 Å². The van der Waals surface area contributed by atoms with Crippen molar-refractivity contribution in [2.75, 3.05) is 0 Å².